The highest BCUT2D eigenvalue weighted by atomic mass is 32.2. The Balaban J connectivity index is 1.84. The topological polar surface area (TPSA) is 49.4 Å². The van der Waals surface area contributed by atoms with E-state index in [9.17, 15) is 9.59 Å². The lowest BCUT2D eigenvalue weighted by Crippen LogP contribution is -2.45. The first-order valence-electron chi connectivity index (χ1n) is 6.88. The number of piperidine rings is 1. The van der Waals surface area contributed by atoms with Crippen molar-refractivity contribution in [1.29, 1.82) is 0 Å². The number of amides is 2. The molecule has 1 aliphatic rings. The summed E-state index contributed by atoms with van der Waals surface area (Å²) in [7, 11) is 1.65. The van der Waals surface area contributed by atoms with Crippen molar-refractivity contribution in [2.45, 2.75) is 17.7 Å². The van der Waals surface area contributed by atoms with Crippen molar-refractivity contribution in [3.05, 3.63) is 30.3 Å². The molecule has 20 heavy (non-hydrogen) atoms. The van der Waals surface area contributed by atoms with Gasteiger partial charge in [-0.3, -0.25) is 9.59 Å². The van der Waals surface area contributed by atoms with Crippen LogP contribution in [0, 0.1) is 5.92 Å². The van der Waals surface area contributed by atoms with Crippen LogP contribution in [-0.2, 0) is 9.59 Å². The molecule has 108 valence electrons. The van der Waals surface area contributed by atoms with E-state index in [1.807, 2.05) is 35.2 Å². The number of carbonyl (C=O) groups is 2. The Morgan fingerprint density at radius 3 is 2.80 bits per heavy atom. The monoisotopic (exact) mass is 292 g/mol. The molecule has 2 amide bonds. The van der Waals surface area contributed by atoms with Crippen molar-refractivity contribution < 1.29 is 9.59 Å². The molecule has 0 saturated carbocycles. The number of hydrogen-bond donors (Lipinski definition) is 1. The smallest absolute Gasteiger partial charge is 0.232 e. The van der Waals surface area contributed by atoms with E-state index >= 15 is 0 Å². The van der Waals surface area contributed by atoms with Crippen LogP contribution in [0.25, 0.3) is 0 Å². The van der Waals surface area contributed by atoms with Gasteiger partial charge in [-0.2, -0.15) is 0 Å². The van der Waals surface area contributed by atoms with E-state index in [0.717, 1.165) is 24.3 Å². The van der Waals surface area contributed by atoms with Crippen LogP contribution in [0.4, 0.5) is 0 Å². The summed E-state index contributed by atoms with van der Waals surface area (Å²) < 4.78 is 0. The number of rotatable bonds is 4. The standard InChI is InChI=1S/C15H20N2O2S/c1-16-15(19)12-6-5-9-17(10-12)14(18)11-20-13-7-3-2-4-8-13/h2-4,7-8,12H,5-6,9-11H2,1H3,(H,16,19). The third-order valence-electron chi connectivity index (χ3n) is 3.50. The number of thioether (sulfide) groups is 1. The van der Waals surface area contributed by atoms with Crippen LogP contribution in [0.15, 0.2) is 35.2 Å². The number of nitrogens with zero attached hydrogens (tertiary/aromatic N) is 1. The summed E-state index contributed by atoms with van der Waals surface area (Å²) in [6.45, 7) is 1.32. The molecule has 4 nitrogen and oxygen atoms in total. The van der Waals surface area contributed by atoms with Gasteiger partial charge in [0.1, 0.15) is 0 Å². The van der Waals surface area contributed by atoms with E-state index in [1.54, 1.807) is 18.8 Å². The fourth-order valence-corrected chi connectivity index (χ4v) is 3.20. The van der Waals surface area contributed by atoms with Crippen LogP contribution in [0.3, 0.4) is 0 Å². The lowest BCUT2D eigenvalue weighted by Gasteiger charge is -2.31. The predicted octanol–water partition coefficient (Wildman–Crippen LogP) is 1.76. The second-order valence-electron chi connectivity index (χ2n) is 4.89. The molecule has 1 aromatic rings. The van der Waals surface area contributed by atoms with Crippen molar-refractivity contribution >= 4 is 23.6 Å². The molecule has 2 rings (SSSR count). The highest BCUT2D eigenvalue weighted by Crippen LogP contribution is 2.21. The Labute approximate surface area is 123 Å². The molecule has 1 atom stereocenters. The van der Waals surface area contributed by atoms with Gasteiger partial charge in [0.05, 0.1) is 11.7 Å². The fraction of sp³-hybridized carbons (Fsp3) is 0.467. The summed E-state index contributed by atoms with van der Waals surface area (Å²) in [5.41, 5.74) is 0. The maximum Gasteiger partial charge on any atom is 0.232 e. The summed E-state index contributed by atoms with van der Waals surface area (Å²) in [5, 5.41) is 2.67. The van der Waals surface area contributed by atoms with Crippen LogP contribution < -0.4 is 5.32 Å². The Kier molecular flexibility index (Phi) is 5.47. The van der Waals surface area contributed by atoms with Gasteiger partial charge < -0.3 is 10.2 Å². The van der Waals surface area contributed by atoms with Crippen molar-refractivity contribution in [1.82, 2.24) is 10.2 Å². The molecule has 1 N–H and O–H groups in total. The van der Waals surface area contributed by atoms with E-state index in [2.05, 4.69) is 5.32 Å². The van der Waals surface area contributed by atoms with Crippen LogP contribution in [0.2, 0.25) is 0 Å². The van der Waals surface area contributed by atoms with E-state index in [0.29, 0.717) is 12.3 Å². The van der Waals surface area contributed by atoms with Gasteiger partial charge in [-0.25, -0.2) is 0 Å². The molecule has 1 aromatic carbocycles. The number of nitrogens with one attached hydrogen (secondary N) is 1. The Morgan fingerprint density at radius 1 is 1.35 bits per heavy atom. The number of hydrogen-bond acceptors (Lipinski definition) is 3. The second kappa shape index (κ2) is 7.33. The van der Waals surface area contributed by atoms with Gasteiger partial charge in [-0.1, -0.05) is 18.2 Å². The quantitative estimate of drug-likeness (QED) is 0.860. The minimum atomic E-state index is -0.0561. The van der Waals surface area contributed by atoms with Gasteiger partial charge in [-0.15, -0.1) is 11.8 Å². The first kappa shape index (κ1) is 14.9. The molecule has 5 heteroatoms. The summed E-state index contributed by atoms with van der Waals surface area (Å²) >= 11 is 1.55. The number of carbonyl (C=O) groups excluding carboxylic acids is 2. The molecule has 1 heterocycles. The van der Waals surface area contributed by atoms with Crippen LogP contribution in [0.1, 0.15) is 12.8 Å². The molecule has 1 fully saturated rings. The van der Waals surface area contributed by atoms with Crippen molar-refractivity contribution in [2.75, 3.05) is 25.9 Å². The minimum absolute atomic E-state index is 0.0400. The zero-order chi connectivity index (χ0) is 14.4. The molecular formula is C15H20N2O2S. The molecule has 0 spiro atoms. The predicted molar refractivity (Wildman–Crippen MR) is 80.5 cm³/mol. The maximum atomic E-state index is 12.2. The lowest BCUT2D eigenvalue weighted by molar-refractivity contribution is -0.133. The van der Waals surface area contributed by atoms with Gasteiger partial charge in [0, 0.05) is 25.0 Å². The van der Waals surface area contributed by atoms with Gasteiger partial charge in [0.15, 0.2) is 0 Å². The lowest BCUT2D eigenvalue weighted by atomic mass is 9.97. The Hall–Kier alpha value is -1.49. The molecule has 0 bridgehead atoms. The minimum Gasteiger partial charge on any atom is -0.359 e. The summed E-state index contributed by atoms with van der Waals surface area (Å²) in [4.78, 5) is 26.8. The first-order valence-corrected chi connectivity index (χ1v) is 7.86. The molecule has 1 saturated heterocycles. The van der Waals surface area contributed by atoms with Gasteiger partial charge in [0.2, 0.25) is 11.8 Å². The number of likely N-dealkylation sites (tertiary alicyclic amines) is 1. The van der Waals surface area contributed by atoms with Crippen LogP contribution in [0.5, 0.6) is 0 Å². The van der Waals surface area contributed by atoms with Crippen LogP contribution in [-0.4, -0.2) is 42.6 Å². The van der Waals surface area contributed by atoms with E-state index < -0.39 is 0 Å². The van der Waals surface area contributed by atoms with E-state index in [-0.39, 0.29) is 17.7 Å². The number of benzene rings is 1. The summed E-state index contributed by atoms with van der Waals surface area (Å²) in [6, 6.07) is 9.90. The van der Waals surface area contributed by atoms with Crippen molar-refractivity contribution in [2.24, 2.45) is 5.92 Å². The largest absolute Gasteiger partial charge is 0.359 e. The first-order chi connectivity index (χ1) is 9.70. The Morgan fingerprint density at radius 2 is 2.10 bits per heavy atom. The van der Waals surface area contributed by atoms with Crippen molar-refractivity contribution in [3.63, 3.8) is 0 Å². The molecule has 0 aliphatic carbocycles. The van der Waals surface area contributed by atoms with Gasteiger partial charge in [0.25, 0.3) is 0 Å². The van der Waals surface area contributed by atoms with E-state index in [4.69, 9.17) is 0 Å². The van der Waals surface area contributed by atoms with Crippen LogP contribution >= 0.6 is 11.8 Å². The summed E-state index contributed by atoms with van der Waals surface area (Å²) in [5.74, 6) is 0.537. The highest BCUT2D eigenvalue weighted by molar-refractivity contribution is 8.00. The second-order valence-corrected chi connectivity index (χ2v) is 5.94. The maximum absolute atomic E-state index is 12.2. The zero-order valence-corrected chi connectivity index (χ0v) is 12.5. The molecule has 0 aromatic heterocycles. The fourth-order valence-electron chi connectivity index (χ4n) is 2.37. The molecular weight excluding hydrogens is 272 g/mol. The SMILES string of the molecule is CNC(=O)C1CCCN(C(=O)CSc2ccccc2)C1. The van der Waals surface area contributed by atoms with Gasteiger partial charge >= 0.3 is 0 Å². The zero-order valence-electron chi connectivity index (χ0n) is 11.7. The van der Waals surface area contributed by atoms with Gasteiger partial charge in [-0.05, 0) is 25.0 Å². The molecule has 1 aliphatic heterocycles. The van der Waals surface area contributed by atoms with Crippen molar-refractivity contribution in [3.8, 4) is 0 Å². The highest BCUT2D eigenvalue weighted by Gasteiger charge is 2.27. The third kappa shape index (κ3) is 4.00. The average Bonchev–Trinajstić information content (AvgIpc) is 2.53. The normalized spacial score (nSPS) is 18.6. The average molecular weight is 292 g/mol. The molecule has 0 radical (unpaired) electrons. The summed E-state index contributed by atoms with van der Waals surface area (Å²) in [6.07, 6.45) is 1.77. The third-order valence-corrected chi connectivity index (χ3v) is 4.49. The Bertz CT molecular complexity index is 464. The van der Waals surface area contributed by atoms with E-state index in [1.165, 1.54) is 0 Å². The molecule has 1 unspecified atom stereocenters.